The number of hydrogen-bond acceptors (Lipinski definition) is 5. The van der Waals surface area contributed by atoms with Crippen molar-refractivity contribution in [2.24, 2.45) is 0 Å². The summed E-state index contributed by atoms with van der Waals surface area (Å²) in [5.41, 5.74) is 0.315. The summed E-state index contributed by atoms with van der Waals surface area (Å²) in [4.78, 5) is 12.6. The van der Waals surface area contributed by atoms with Crippen molar-refractivity contribution in [3.63, 3.8) is 0 Å². The smallest absolute Gasteiger partial charge is 0.295 e. The SMILES string of the molecule is O=[N+]([O-])c1cc(F)ccc1N1CCC(NCCOc2ccccc2)CC1. The molecule has 0 aliphatic carbocycles. The molecule has 138 valence electrons. The monoisotopic (exact) mass is 359 g/mol. The second kappa shape index (κ2) is 8.62. The van der Waals surface area contributed by atoms with Crippen LogP contribution in [0.3, 0.4) is 0 Å². The highest BCUT2D eigenvalue weighted by Crippen LogP contribution is 2.30. The summed E-state index contributed by atoms with van der Waals surface area (Å²) < 4.78 is 18.9. The Morgan fingerprint density at radius 1 is 1.19 bits per heavy atom. The van der Waals surface area contributed by atoms with Crippen LogP contribution in [0.25, 0.3) is 0 Å². The van der Waals surface area contributed by atoms with Crippen molar-refractivity contribution in [2.75, 3.05) is 31.1 Å². The van der Waals surface area contributed by atoms with Gasteiger partial charge in [-0.05, 0) is 37.1 Å². The molecule has 0 bridgehead atoms. The van der Waals surface area contributed by atoms with Crippen LogP contribution in [0, 0.1) is 15.9 Å². The number of nitrogens with one attached hydrogen (secondary N) is 1. The van der Waals surface area contributed by atoms with Gasteiger partial charge in [0.15, 0.2) is 0 Å². The van der Waals surface area contributed by atoms with Gasteiger partial charge in [0.2, 0.25) is 0 Å². The van der Waals surface area contributed by atoms with Crippen molar-refractivity contribution in [2.45, 2.75) is 18.9 Å². The van der Waals surface area contributed by atoms with E-state index in [4.69, 9.17) is 4.74 Å². The van der Waals surface area contributed by atoms with Gasteiger partial charge >= 0.3 is 0 Å². The number of nitro groups is 1. The zero-order valence-corrected chi connectivity index (χ0v) is 14.4. The maximum absolute atomic E-state index is 13.3. The fourth-order valence-electron chi connectivity index (χ4n) is 3.18. The molecule has 0 amide bonds. The summed E-state index contributed by atoms with van der Waals surface area (Å²) in [7, 11) is 0. The molecule has 3 rings (SSSR count). The summed E-state index contributed by atoms with van der Waals surface area (Å²) in [5, 5.41) is 14.6. The highest BCUT2D eigenvalue weighted by atomic mass is 19.1. The third-order valence-electron chi connectivity index (χ3n) is 4.52. The highest BCUT2D eigenvalue weighted by molar-refractivity contribution is 5.63. The predicted molar refractivity (Wildman–Crippen MR) is 98.2 cm³/mol. The predicted octanol–water partition coefficient (Wildman–Crippen LogP) is 3.37. The molecule has 2 aromatic carbocycles. The Morgan fingerprint density at radius 3 is 2.62 bits per heavy atom. The Hall–Kier alpha value is -2.67. The first-order valence-electron chi connectivity index (χ1n) is 8.73. The number of halogens is 1. The molecule has 0 atom stereocenters. The van der Waals surface area contributed by atoms with Crippen LogP contribution in [0.15, 0.2) is 48.5 Å². The van der Waals surface area contributed by atoms with E-state index in [0.29, 0.717) is 31.4 Å². The molecule has 0 aromatic heterocycles. The Bertz CT molecular complexity index is 734. The minimum atomic E-state index is -0.588. The van der Waals surface area contributed by atoms with E-state index in [1.54, 1.807) is 0 Å². The van der Waals surface area contributed by atoms with Crippen molar-refractivity contribution in [3.8, 4) is 5.75 Å². The van der Waals surface area contributed by atoms with Crippen molar-refractivity contribution in [1.29, 1.82) is 0 Å². The van der Waals surface area contributed by atoms with Gasteiger partial charge in [-0.15, -0.1) is 0 Å². The normalized spacial score (nSPS) is 15.0. The molecule has 1 aliphatic rings. The first-order chi connectivity index (χ1) is 12.6. The fourth-order valence-corrected chi connectivity index (χ4v) is 3.18. The molecule has 0 saturated carbocycles. The molecule has 26 heavy (non-hydrogen) atoms. The van der Waals surface area contributed by atoms with Crippen LogP contribution in [-0.2, 0) is 0 Å². The number of para-hydroxylation sites is 1. The van der Waals surface area contributed by atoms with E-state index < -0.39 is 10.7 Å². The van der Waals surface area contributed by atoms with Crippen LogP contribution in [-0.4, -0.2) is 37.2 Å². The molecule has 6 nitrogen and oxygen atoms in total. The number of ether oxygens (including phenoxy) is 1. The van der Waals surface area contributed by atoms with E-state index in [1.165, 1.54) is 12.1 Å². The number of rotatable bonds is 7. The van der Waals surface area contributed by atoms with Crippen LogP contribution >= 0.6 is 0 Å². The molecule has 1 aliphatic heterocycles. The fraction of sp³-hybridized carbons (Fsp3) is 0.368. The van der Waals surface area contributed by atoms with Gasteiger partial charge in [0.25, 0.3) is 5.69 Å². The molecule has 0 radical (unpaired) electrons. The number of piperidine rings is 1. The van der Waals surface area contributed by atoms with Gasteiger partial charge < -0.3 is 15.0 Å². The van der Waals surface area contributed by atoms with Crippen LogP contribution in [0.2, 0.25) is 0 Å². The number of nitro benzene ring substituents is 1. The number of nitrogens with zero attached hydrogens (tertiary/aromatic N) is 2. The van der Waals surface area contributed by atoms with Crippen molar-refractivity contribution >= 4 is 11.4 Å². The van der Waals surface area contributed by atoms with Crippen LogP contribution in [0.4, 0.5) is 15.8 Å². The van der Waals surface area contributed by atoms with Gasteiger partial charge in [-0.2, -0.15) is 0 Å². The highest BCUT2D eigenvalue weighted by Gasteiger charge is 2.25. The zero-order valence-electron chi connectivity index (χ0n) is 14.4. The van der Waals surface area contributed by atoms with E-state index in [0.717, 1.165) is 31.2 Å². The van der Waals surface area contributed by atoms with Gasteiger partial charge in [-0.3, -0.25) is 10.1 Å². The Kier molecular flexibility index (Phi) is 6.01. The molecular weight excluding hydrogens is 337 g/mol. The second-order valence-electron chi connectivity index (χ2n) is 6.27. The molecule has 2 aromatic rings. The van der Waals surface area contributed by atoms with Gasteiger partial charge in [0, 0.05) is 25.7 Å². The quantitative estimate of drug-likeness (QED) is 0.466. The molecular formula is C19H22FN3O3. The summed E-state index contributed by atoms with van der Waals surface area (Å²) in [6.07, 6.45) is 1.75. The third-order valence-corrected chi connectivity index (χ3v) is 4.52. The lowest BCUT2D eigenvalue weighted by Gasteiger charge is -2.33. The van der Waals surface area contributed by atoms with Crippen molar-refractivity contribution < 1.29 is 14.1 Å². The Labute approximate surface area is 151 Å². The Morgan fingerprint density at radius 2 is 1.92 bits per heavy atom. The van der Waals surface area contributed by atoms with Crippen molar-refractivity contribution in [1.82, 2.24) is 5.32 Å². The lowest BCUT2D eigenvalue weighted by molar-refractivity contribution is -0.384. The minimum Gasteiger partial charge on any atom is -0.492 e. The van der Waals surface area contributed by atoms with E-state index >= 15 is 0 Å². The minimum absolute atomic E-state index is 0.173. The van der Waals surface area contributed by atoms with E-state index in [2.05, 4.69) is 5.32 Å². The molecule has 1 saturated heterocycles. The molecule has 0 unspecified atom stereocenters. The van der Waals surface area contributed by atoms with Gasteiger partial charge in [0.05, 0.1) is 11.0 Å². The molecule has 1 N–H and O–H groups in total. The maximum Gasteiger partial charge on any atom is 0.295 e. The standard InChI is InChI=1S/C19H22FN3O3/c20-15-6-7-18(19(14-15)23(24)25)22-11-8-16(9-12-22)21-10-13-26-17-4-2-1-3-5-17/h1-7,14,16,21H,8-13H2. The largest absolute Gasteiger partial charge is 0.492 e. The van der Waals surface area contributed by atoms with Crippen LogP contribution < -0.4 is 15.0 Å². The van der Waals surface area contributed by atoms with Gasteiger partial charge in [0.1, 0.15) is 23.9 Å². The lowest BCUT2D eigenvalue weighted by atomic mass is 10.0. The average Bonchev–Trinajstić information content (AvgIpc) is 2.66. The third kappa shape index (κ3) is 4.70. The summed E-state index contributed by atoms with van der Waals surface area (Å²) in [5.74, 6) is 0.267. The van der Waals surface area contributed by atoms with E-state index in [1.807, 2.05) is 35.2 Å². The first-order valence-corrected chi connectivity index (χ1v) is 8.73. The van der Waals surface area contributed by atoms with Gasteiger partial charge in [-0.1, -0.05) is 18.2 Å². The maximum atomic E-state index is 13.3. The van der Waals surface area contributed by atoms with Gasteiger partial charge in [-0.25, -0.2) is 4.39 Å². The Balaban J connectivity index is 1.45. The lowest BCUT2D eigenvalue weighted by Crippen LogP contribution is -2.43. The molecule has 1 heterocycles. The zero-order chi connectivity index (χ0) is 18.4. The summed E-state index contributed by atoms with van der Waals surface area (Å²) in [6.45, 7) is 2.73. The van der Waals surface area contributed by atoms with Crippen LogP contribution in [0.5, 0.6) is 5.75 Å². The van der Waals surface area contributed by atoms with E-state index in [9.17, 15) is 14.5 Å². The summed E-state index contributed by atoms with van der Waals surface area (Å²) >= 11 is 0. The molecule has 7 heteroatoms. The second-order valence-corrected chi connectivity index (χ2v) is 6.27. The van der Waals surface area contributed by atoms with Crippen molar-refractivity contribution in [3.05, 3.63) is 64.5 Å². The van der Waals surface area contributed by atoms with Crippen LogP contribution in [0.1, 0.15) is 12.8 Å². The topological polar surface area (TPSA) is 67.6 Å². The van der Waals surface area contributed by atoms with E-state index in [-0.39, 0.29) is 5.69 Å². The average molecular weight is 359 g/mol. The number of benzene rings is 2. The summed E-state index contributed by atoms with van der Waals surface area (Å²) in [6, 6.07) is 13.8. The molecule has 0 spiro atoms. The number of anilines is 1. The molecule has 1 fully saturated rings. The first kappa shape index (κ1) is 18.1. The number of hydrogen-bond donors (Lipinski definition) is 1.